The topological polar surface area (TPSA) is 72.9 Å². The van der Waals surface area contributed by atoms with E-state index in [9.17, 15) is 4.79 Å². The molecule has 106 valence electrons. The maximum absolute atomic E-state index is 12.4. The van der Waals surface area contributed by atoms with Gasteiger partial charge >= 0.3 is 0 Å². The lowest BCUT2D eigenvalue weighted by Crippen LogP contribution is -2.19. The highest BCUT2D eigenvalue weighted by Gasteiger charge is 2.19. The molecule has 0 spiro atoms. The highest BCUT2D eigenvalue weighted by molar-refractivity contribution is 9.11. The highest BCUT2D eigenvalue weighted by Crippen LogP contribution is 2.27. The van der Waals surface area contributed by atoms with Crippen molar-refractivity contribution in [1.82, 2.24) is 9.78 Å². The Hall–Kier alpha value is -1.34. The molecule has 1 aromatic heterocycles. The number of aryl methyl sites for hydroxylation is 2. The van der Waals surface area contributed by atoms with Crippen LogP contribution in [-0.4, -0.2) is 15.7 Å². The summed E-state index contributed by atoms with van der Waals surface area (Å²) in [6, 6.07) is 5.55. The number of nitrogens with one attached hydrogen (secondary N) is 1. The molecule has 3 N–H and O–H groups in total. The van der Waals surface area contributed by atoms with Gasteiger partial charge in [0.2, 0.25) is 0 Å². The molecule has 0 aliphatic heterocycles. The average molecular weight is 402 g/mol. The van der Waals surface area contributed by atoms with Gasteiger partial charge in [-0.2, -0.15) is 5.10 Å². The van der Waals surface area contributed by atoms with Crippen LogP contribution in [0.3, 0.4) is 0 Å². The van der Waals surface area contributed by atoms with Crippen LogP contribution < -0.4 is 11.1 Å². The minimum atomic E-state index is -0.274. The van der Waals surface area contributed by atoms with Gasteiger partial charge in [0.1, 0.15) is 5.69 Å². The van der Waals surface area contributed by atoms with E-state index in [1.54, 1.807) is 11.6 Å². The van der Waals surface area contributed by atoms with Gasteiger partial charge in [-0.3, -0.25) is 9.48 Å². The van der Waals surface area contributed by atoms with Crippen molar-refractivity contribution >= 4 is 49.1 Å². The molecule has 1 heterocycles. The van der Waals surface area contributed by atoms with Crippen molar-refractivity contribution in [3.05, 3.63) is 38.5 Å². The standard InChI is InChI=1S/C13H14Br2N4O/c1-3-19-12(11(16)7(2)18-19)13(20)17-10-6-8(14)4-5-9(10)15/h4-6H,3,16H2,1-2H3,(H,17,20). The van der Waals surface area contributed by atoms with E-state index < -0.39 is 0 Å². The number of rotatable bonds is 3. The number of aromatic nitrogens is 2. The van der Waals surface area contributed by atoms with Crippen molar-refractivity contribution in [3.63, 3.8) is 0 Å². The van der Waals surface area contributed by atoms with E-state index in [1.165, 1.54) is 0 Å². The molecule has 2 rings (SSSR count). The minimum absolute atomic E-state index is 0.274. The predicted octanol–water partition coefficient (Wildman–Crippen LogP) is 3.57. The SMILES string of the molecule is CCn1nc(C)c(N)c1C(=O)Nc1cc(Br)ccc1Br. The van der Waals surface area contributed by atoms with E-state index in [4.69, 9.17) is 5.73 Å². The number of benzene rings is 1. The Morgan fingerprint density at radius 1 is 1.45 bits per heavy atom. The number of nitrogens with zero attached hydrogens (tertiary/aromatic N) is 2. The Balaban J connectivity index is 2.35. The first-order valence-corrected chi connectivity index (χ1v) is 7.62. The molecule has 5 nitrogen and oxygen atoms in total. The molecule has 1 amide bonds. The summed E-state index contributed by atoms with van der Waals surface area (Å²) in [7, 11) is 0. The minimum Gasteiger partial charge on any atom is -0.395 e. The summed E-state index contributed by atoms with van der Waals surface area (Å²) >= 11 is 6.78. The third-order valence-electron chi connectivity index (χ3n) is 2.86. The van der Waals surface area contributed by atoms with Gasteiger partial charge in [0.05, 0.1) is 17.1 Å². The quantitative estimate of drug-likeness (QED) is 0.825. The van der Waals surface area contributed by atoms with Gasteiger partial charge in [-0.15, -0.1) is 0 Å². The fourth-order valence-electron chi connectivity index (χ4n) is 1.84. The molecule has 0 atom stereocenters. The van der Waals surface area contributed by atoms with Crippen LogP contribution in [0.5, 0.6) is 0 Å². The number of hydrogen-bond acceptors (Lipinski definition) is 3. The maximum atomic E-state index is 12.4. The van der Waals surface area contributed by atoms with Gasteiger partial charge in [-0.1, -0.05) is 15.9 Å². The zero-order valence-corrected chi connectivity index (χ0v) is 14.2. The van der Waals surface area contributed by atoms with Crippen LogP contribution in [0, 0.1) is 6.92 Å². The molecule has 0 aliphatic carbocycles. The molecule has 0 saturated carbocycles. The zero-order chi connectivity index (χ0) is 14.9. The predicted molar refractivity (Wildman–Crippen MR) is 86.8 cm³/mol. The fraction of sp³-hybridized carbons (Fsp3) is 0.231. The molecule has 20 heavy (non-hydrogen) atoms. The van der Waals surface area contributed by atoms with Crippen LogP contribution in [0.25, 0.3) is 0 Å². The Morgan fingerprint density at radius 2 is 2.15 bits per heavy atom. The fourth-order valence-corrected chi connectivity index (χ4v) is 2.55. The van der Waals surface area contributed by atoms with Crippen LogP contribution >= 0.6 is 31.9 Å². The maximum Gasteiger partial charge on any atom is 0.276 e. The number of nitrogens with two attached hydrogens (primary N) is 1. The van der Waals surface area contributed by atoms with Crippen molar-refractivity contribution in [2.75, 3.05) is 11.1 Å². The average Bonchev–Trinajstić information content (AvgIpc) is 2.69. The molecule has 0 radical (unpaired) electrons. The molecule has 2 aromatic rings. The molecule has 7 heteroatoms. The van der Waals surface area contributed by atoms with Crippen LogP contribution in [0.2, 0.25) is 0 Å². The Labute approximate surface area is 133 Å². The van der Waals surface area contributed by atoms with Gasteiger partial charge in [-0.05, 0) is 48.0 Å². The lowest BCUT2D eigenvalue weighted by molar-refractivity contribution is 0.101. The summed E-state index contributed by atoms with van der Waals surface area (Å²) in [6.45, 7) is 4.28. The molecule has 1 aromatic carbocycles. The number of nitrogen functional groups attached to an aromatic ring is 1. The van der Waals surface area contributed by atoms with Crippen molar-refractivity contribution in [2.24, 2.45) is 0 Å². The lowest BCUT2D eigenvalue weighted by Gasteiger charge is -2.09. The number of anilines is 2. The van der Waals surface area contributed by atoms with E-state index in [0.717, 1.165) is 8.95 Å². The van der Waals surface area contributed by atoms with Crippen LogP contribution in [-0.2, 0) is 6.54 Å². The number of carbonyl (C=O) groups is 1. The molecular formula is C13H14Br2N4O. The third-order valence-corrected chi connectivity index (χ3v) is 4.05. The van der Waals surface area contributed by atoms with Gasteiger partial charge < -0.3 is 11.1 Å². The Bertz CT molecular complexity index is 667. The monoisotopic (exact) mass is 400 g/mol. The number of amides is 1. The van der Waals surface area contributed by atoms with Gasteiger partial charge in [0.25, 0.3) is 5.91 Å². The Kier molecular flexibility index (Phi) is 4.49. The first-order chi connectivity index (χ1) is 9.43. The van der Waals surface area contributed by atoms with Crippen molar-refractivity contribution in [1.29, 1.82) is 0 Å². The lowest BCUT2D eigenvalue weighted by atomic mass is 10.2. The molecule has 0 bridgehead atoms. The molecule has 0 saturated heterocycles. The van der Waals surface area contributed by atoms with E-state index >= 15 is 0 Å². The smallest absolute Gasteiger partial charge is 0.276 e. The van der Waals surface area contributed by atoms with Crippen LogP contribution in [0.15, 0.2) is 27.1 Å². The van der Waals surface area contributed by atoms with E-state index in [-0.39, 0.29) is 5.91 Å². The van der Waals surface area contributed by atoms with Gasteiger partial charge in [-0.25, -0.2) is 0 Å². The van der Waals surface area contributed by atoms with E-state index in [0.29, 0.717) is 29.3 Å². The van der Waals surface area contributed by atoms with E-state index in [1.807, 2.05) is 25.1 Å². The summed E-state index contributed by atoms with van der Waals surface area (Å²) in [5.74, 6) is -0.274. The van der Waals surface area contributed by atoms with Crippen LogP contribution in [0.4, 0.5) is 11.4 Å². The summed E-state index contributed by atoms with van der Waals surface area (Å²) < 4.78 is 3.28. The summed E-state index contributed by atoms with van der Waals surface area (Å²) in [6.07, 6.45) is 0. The van der Waals surface area contributed by atoms with Crippen LogP contribution in [0.1, 0.15) is 23.1 Å². The summed E-state index contributed by atoms with van der Waals surface area (Å²) in [5, 5.41) is 7.08. The first-order valence-electron chi connectivity index (χ1n) is 6.03. The van der Waals surface area contributed by atoms with E-state index in [2.05, 4.69) is 42.3 Å². The Morgan fingerprint density at radius 3 is 2.80 bits per heavy atom. The normalized spacial score (nSPS) is 10.6. The number of carbonyl (C=O) groups excluding carboxylic acids is 1. The zero-order valence-electron chi connectivity index (χ0n) is 11.1. The molecule has 0 fully saturated rings. The second-order valence-corrected chi connectivity index (χ2v) is 6.01. The van der Waals surface area contributed by atoms with Crippen molar-refractivity contribution in [2.45, 2.75) is 20.4 Å². The molecule has 0 aliphatic rings. The summed E-state index contributed by atoms with van der Waals surface area (Å²) in [5.41, 5.74) is 8.06. The molecular weight excluding hydrogens is 388 g/mol. The first kappa shape index (κ1) is 15.1. The second-order valence-electron chi connectivity index (χ2n) is 4.24. The third kappa shape index (κ3) is 2.88. The number of halogens is 2. The van der Waals surface area contributed by atoms with Gasteiger partial charge in [0.15, 0.2) is 0 Å². The van der Waals surface area contributed by atoms with Crippen molar-refractivity contribution in [3.8, 4) is 0 Å². The van der Waals surface area contributed by atoms with Crippen molar-refractivity contribution < 1.29 is 4.79 Å². The number of hydrogen-bond donors (Lipinski definition) is 2. The largest absolute Gasteiger partial charge is 0.395 e. The highest BCUT2D eigenvalue weighted by atomic mass is 79.9. The second kappa shape index (κ2) is 5.97. The van der Waals surface area contributed by atoms with Gasteiger partial charge in [0, 0.05) is 15.5 Å². The summed E-state index contributed by atoms with van der Waals surface area (Å²) in [4.78, 5) is 12.4. The molecule has 0 unspecified atom stereocenters.